The van der Waals surface area contributed by atoms with E-state index in [0.29, 0.717) is 37.8 Å². The molecule has 2 fully saturated rings. The summed E-state index contributed by atoms with van der Waals surface area (Å²) < 4.78 is 5.16. The maximum Gasteiger partial charge on any atom is 0.245 e. The second-order valence-electron chi connectivity index (χ2n) is 7.80. The van der Waals surface area contributed by atoms with Crippen LogP contribution < -0.4 is 15.4 Å². The molecule has 0 spiro atoms. The standard InChI is InChI=1S/C21H31N3O3/c1-15(17-4-3-10-22-13-17)12-20(25)23-19-9-11-24(21(19)26)14-16-5-7-18(27-2)8-6-16/h5-8,15,17,19,22H,3-4,9-14H2,1-2H3,(H,23,25). The number of benzene rings is 1. The molecule has 2 amide bonds. The molecule has 27 heavy (non-hydrogen) atoms. The van der Waals surface area contributed by atoms with Crippen LogP contribution in [-0.4, -0.2) is 49.5 Å². The Balaban J connectivity index is 1.46. The van der Waals surface area contributed by atoms with Crippen molar-refractivity contribution in [2.24, 2.45) is 11.8 Å². The average Bonchev–Trinajstić information content (AvgIpc) is 3.02. The van der Waals surface area contributed by atoms with Crippen molar-refractivity contribution in [1.29, 1.82) is 0 Å². The minimum atomic E-state index is -0.382. The fourth-order valence-electron chi connectivity index (χ4n) is 4.06. The fraction of sp³-hybridized carbons (Fsp3) is 0.619. The van der Waals surface area contributed by atoms with Crippen LogP contribution >= 0.6 is 0 Å². The summed E-state index contributed by atoms with van der Waals surface area (Å²) in [6, 6.07) is 7.36. The molecule has 2 saturated heterocycles. The van der Waals surface area contributed by atoms with Crippen molar-refractivity contribution in [2.75, 3.05) is 26.7 Å². The number of hydrogen-bond donors (Lipinski definition) is 2. The number of piperidine rings is 1. The Labute approximate surface area is 161 Å². The molecule has 2 aliphatic heterocycles. The van der Waals surface area contributed by atoms with Crippen LogP contribution in [0.1, 0.15) is 38.2 Å². The van der Waals surface area contributed by atoms with E-state index >= 15 is 0 Å². The van der Waals surface area contributed by atoms with Gasteiger partial charge in [-0.25, -0.2) is 0 Å². The Kier molecular flexibility index (Phi) is 6.72. The maximum absolute atomic E-state index is 12.6. The molecule has 0 bridgehead atoms. The number of ether oxygens (including phenoxy) is 1. The van der Waals surface area contributed by atoms with Gasteiger partial charge in [0.15, 0.2) is 0 Å². The van der Waals surface area contributed by atoms with E-state index in [1.54, 1.807) is 7.11 Å². The van der Waals surface area contributed by atoms with Crippen LogP contribution in [0.4, 0.5) is 0 Å². The Morgan fingerprint density at radius 1 is 1.33 bits per heavy atom. The number of rotatable bonds is 7. The second-order valence-corrected chi connectivity index (χ2v) is 7.80. The molecule has 148 valence electrons. The Bertz CT molecular complexity index is 641. The summed E-state index contributed by atoms with van der Waals surface area (Å²) in [5.74, 6) is 1.71. The van der Waals surface area contributed by atoms with Gasteiger partial charge < -0.3 is 20.3 Å². The Morgan fingerprint density at radius 2 is 2.11 bits per heavy atom. The highest BCUT2D eigenvalue weighted by atomic mass is 16.5. The van der Waals surface area contributed by atoms with Crippen LogP contribution in [0.5, 0.6) is 5.75 Å². The van der Waals surface area contributed by atoms with Gasteiger partial charge in [-0.15, -0.1) is 0 Å². The molecule has 3 unspecified atom stereocenters. The summed E-state index contributed by atoms with van der Waals surface area (Å²) in [6.07, 6.45) is 3.53. The molecule has 2 heterocycles. The third-order valence-corrected chi connectivity index (χ3v) is 5.81. The van der Waals surface area contributed by atoms with E-state index < -0.39 is 0 Å². The molecule has 1 aromatic rings. The van der Waals surface area contributed by atoms with Crippen molar-refractivity contribution in [3.05, 3.63) is 29.8 Å². The van der Waals surface area contributed by atoms with Crippen LogP contribution in [0.15, 0.2) is 24.3 Å². The average molecular weight is 373 g/mol. The van der Waals surface area contributed by atoms with E-state index in [2.05, 4.69) is 17.6 Å². The van der Waals surface area contributed by atoms with Gasteiger partial charge in [0.25, 0.3) is 0 Å². The number of nitrogens with one attached hydrogen (secondary N) is 2. The molecular formula is C21H31N3O3. The topological polar surface area (TPSA) is 70.7 Å². The molecule has 3 rings (SSSR count). The van der Waals surface area contributed by atoms with E-state index in [0.717, 1.165) is 24.4 Å². The lowest BCUT2D eigenvalue weighted by Gasteiger charge is -2.28. The maximum atomic E-state index is 12.6. The van der Waals surface area contributed by atoms with Gasteiger partial charge in [-0.2, -0.15) is 0 Å². The van der Waals surface area contributed by atoms with Crippen LogP contribution in [0.2, 0.25) is 0 Å². The third-order valence-electron chi connectivity index (χ3n) is 5.81. The zero-order valence-electron chi connectivity index (χ0n) is 16.4. The lowest BCUT2D eigenvalue weighted by Crippen LogP contribution is -2.42. The van der Waals surface area contributed by atoms with E-state index in [9.17, 15) is 9.59 Å². The van der Waals surface area contributed by atoms with Gasteiger partial charge in [0.2, 0.25) is 11.8 Å². The number of methoxy groups -OCH3 is 1. The number of nitrogens with zero attached hydrogens (tertiary/aromatic N) is 1. The smallest absolute Gasteiger partial charge is 0.245 e. The highest BCUT2D eigenvalue weighted by molar-refractivity contribution is 5.89. The summed E-state index contributed by atoms with van der Waals surface area (Å²) in [5.41, 5.74) is 1.06. The highest BCUT2D eigenvalue weighted by Gasteiger charge is 2.33. The normalized spacial score (nSPS) is 23.9. The van der Waals surface area contributed by atoms with Gasteiger partial charge in [-0.05, 0) is 61.9 Å². The van der Waals surface area contributed by atoms with Gasteiger partial charge in [0.1, 0.15) is 11.8 Å². The van der Waals surface area contributed by atoms with Crippen LogP contribution in [0.3, 0.4) is 0 Å². The minimum absolute atomic E-state index is 0.00211. The number of amides is 2. The first kappa shape index (κ1) is 19.7. The predicted molar refractivity (Wildman–Crippen MR) is 104 cm³/mol. The monoisotopic (exact) mass is 373 g/mol. The van der Waals surface area contributed by atoms with Crippen molar-refractivity contribution in [1.82, 2.24) is 15.5 Å². The number of hydrogen-bond acceptors (Lipinski definition) is 4. The van der Waals surface area contributed by atoms with Gasteiger partial charge in [0.05, 0.1) is 7.11 Å². The van der Waals surface area contributed by atoms with Crippen molar-refractivity contribution < 1.29 is 14.3 Å². The summed E-state index contributed by atoms with van der Waals surface area (Å²) >= 11 is 0. The molecule has 0 aliphatic carbocycles. The number of carbonyl (C=O) groups is 2. The van der Waals surface area contributed by atoms with Gasteiger partial charge in [-0.1, -0.05) is 19.1 Å². The molecule has 1 aromatic carbocycles. The summed E-state index contributed by atoms with van der Waals surface area (Å²) in [5, 5.41) is 6.37. The Morgan fingerprint density at radius 3 is 2.78 bits per heavy atom. The molecular weight excluding hydrogens is 342 g/mol. The van der Waals surface area contributed by atoms with E-state index in [4.69, 9.17) is 4.74 Å². The van der Waals surface area contributed by atoms with Crippen molar-refractivity contribution in [3.63, 3.8) is 0 Å². The fourth-order valence-corrected chi connectivity index (χ4v) is 4.06. The van der Waals surface area contributed by atoms with E-state index in [-0.39, 0.29) is 17.9 Å². The molecule has 6 heteroatoms. The minimum Gasteiger partial charge on any atom is -0.497 e. The van der Waals surface area contributed by atoms with Crippen molar-refractivity contribution in [3.8, 4) is 5.75 Å². The number of carbonyl (C=O) groups excluding carboxylic acids is 2. The quantitative estimate of drug-likeness (QED) is 0.766. The predicted octanol–water partition coefficient (Wildman–Crippen LogP) is 1.94. The SMILES string of the molecule is COc1ccc(CN2CCC(NC(=O)CC(C)C3CCCNC3)C2=O)cc1. The van der Waals surface area contributed by atoms with Crippen LogP contribution in [0, 0.1) is 11.8 Å². The van der Waals surface area contributed by atoms with Crippen molar-refractivity contribution in [2.45, 2.75) is 45.2 Å². The first-order chi connectivity index (χ1) is 13.1. The zero-order valence-corrected chi connectivity index (χ0v) is 16.4. The molecule has 2 aliphatic rings. The van der Waals surface area contributed by atoms with Gasteiger partial charge >= 0.3 is 0 Å². The first-order valence-corrected chi connectivity index (χ1v) is 9.98. The molecule has 0 saturated carbocycles. The summed E-state index contributed by atoms with van der Waals surface area (Å²) in [4.78, 5) is 26.9. The molecule has 6 nitrogen and oxygen atoms in total. The van der Waals surface area contributed by atoms with Gasteiger partial charge in [-0.3, -0.25) is 9.59 Å². The summed E-state index contributed by atoms with van der Waals surface area (Å²) in [6.45, 7) is 5.46. The van der Waals surface area contributed by atoms with E-state index in [1.807, 2.05) is 29.2 Å². The highest BCUT2D eigenvalue weighted by Crippen LogP contribution is 2.23. The molecule has 3 atom stereocenters. The van der Waals surface area contributed by atoms with Gasteiger partial charge in [0, 0.05) is 19.5 Å². The lowest BCUT2D eigenvalue weighted by atomic mass is 9.85. The second kappa shape index (κ2) is 9.22. The lowest BCUT2D eigenvalue weighted by molar-refractivity contribution is -0.133. The van der Waals surface area contributed by atoms with Crippen LogP contribution in [-0.2, 0) is 16.1 Å². The Hall–Kier alpha value is -2.08. The summed E-state index contributed by atoms with van der Waals surface area (Å²) in [7, 11) is 1.64. The third kappa shape index (κ3) is 5.22. The molecule has 0 radical (unpaired) electrons. The number of likely N-dealkylation sites (tertiary alicyclic amines) is 1. The molecule has 2 N–H and O–H groups in total. The molecule has 0 aromatic heterocycles. The van der Waals surface area contributed by atoms with E-state index in [1.165, 1.54) is 12.8 Å². The largest absolute Gasteiger partial charge is 0.497 e. The first-order valence-electron chi connectivity index (χ1n) is 9.98. The zero-order chi connectivity index (χ0) is 19.2. The van der Waals surface area contributed by atoms with Crippen LogP contribution in [0.25, 0.3) is 0 Å². The van der Waals surface area contributed by atoms with Crippen molar-refractivity contribution >= 4 is 11.8 Å².